The molecule has 96 valence electrons. The van der Waals surface area contributed by atoms with Crippen LogP contribution in [0.1, 0.15) is 42.6 Å². The smallest absolute Gasteiger partial charge is 0.293 e. The number of rotatable bonds is 5. The Kier molecular flexibility index (Phi) is 4.34. The lowest BCUT2D eigenvalue weighted by atomic mass is 9.97. The second kappa shape index (κ2) is 6.19. The Morgan fingerprint density at radius 2 is 2.22 bits per heavy atom. The number of H-pyrrole nitrogens is 1. The van der Waals surface area contributed by atoms with Crippen molar-refractivity contribution in [3.63, 3.8) is 0 Å². The molecule has 2 N–H and O–H groups in total. The highest BCUT2D eigenvalue weighted by atomic mass is 16.2. The Morgan fingerprint density at radius 3 is 2.89 bits per heavy atom. The SMILES string of the molecule is O=C(NCCC1=CCCCC1)C(=O)c1ccc[nH]1. The van der Waals surface area contributed by atoms with Gasteiger partial charge >= 0.3 is 0 Å². The molecule has 4 nitrogen and oxygen atoms in total. The number of amides is 1. The van der Waals surface area contributed by atoms with Gasteiger partial charge in [0.1, 0.15) is 0 Å². The lowest BCUT2D eigenvalue weighted by molar-refractivity contribution is -0.117. The molecule has 1 aromatic rings. The van der Waals surface area contributed by atoms with Crippen molar-refractivity contribution in [1.29, 1.82) is 0 Å². The number of aromatic nitrogens is 1. The summed E-state index contributed by atoms with van der Waals surface area (Å²) < 4.78 is 0. The largest absolute Gasteiger partial charge is 0.358 e. The molecule has 0 fully saturated rings. The van der Waals surface area contributed by atoms with Crippen LogP contribution in [0.4, 0.5) is 0 Å². The van der Waals surface area contributed by atoms with Crippen LogP contribution < -0.4 is 5.32 Å². The predicted molar refractivity (Wildman–Crippen MR) is 69.3 cm³/mol. The molecule has 1 aliphatic carbocycles. The van der Waals surface area contributed by atoms with Gasteiger partial charge in [0.15, 0.2) is 0 Å². The topological polar surface area (TPSA) is 62.0 Å². The number of carbonyl (C=O) groups is 2. The number of aromatic amines is 1. The van der Waals surface area contributed by atoms with E-state index in [1.807, 2.05) is 0 Å². The first-order chi connectivity index (χ1) is 8.77. The Balaban J connectivity index is 1.75. The molecule has 0 saturated carbocycles. The first-order valence-electron chi connectivity index (χ1n) is 6.41. The summed E-state index contributed by atoms with van der Waals surface area (Å²) in [6.07, 6.45) is 9.51. The third-order valence-electron chi connectivity index (χ3n) is 3.17. The van der Waals surface area contributed by atoms with E-state index in [9.17, 15) is 9.59 Å². The first kappa shape index (κ1) is 12.6. The monoisotopic (exact) mass is 246 g/mol. The zero-order chi connectivity index (χ0) is 12.8. The fourth-order valence-electron chi connectivity index (χ4n) is 2.14. The van der Waals surface area contributed by atoms with Gasteiger partial charge in [0.25, 0.3) is 11.7 Å². The number of nitrogens with one attached hydrogen (secondary N) is 2. The molecule has 18 heavy (non-hydrogen) atoms. The van der Waals surface area contributed by atoms with E-state index in [4.69, 9.17) is 0 Å². The second-order valence-electron chi connectivity index (χ2n) is 4.53. The zero-order valence-electron chi connectivity index (χ0n) is 10.4. The highest BCUT2D eigenvalue weighted by Gasteiger charge is 2.16. The Morgan fingerprint density at radius 1 is 1.33 bits per heavy atom. The summed E-state index contributed by atoms with van der Waals surface area (Å²) in [6.45, 7) is 0.539. The lowest BCUT2D eigenvalue weighted by Gasteiger charge is -2.12. The minimum absolute atomic E-state index is 0.337. The van der Waals surface area contributed by atoms with Crippen molar-refractivity contribution >= 4 is 11.7 Å². The molecule has 1 heterocycles. The first-order valence-corrected chi connectivity index (χ1v) is 6.41. The van der Waals surface area contributed by atoms with Crippen LogP contribution in [0.15, 0.2) is 30.0 Å². The molecule has 0 atom stereocenters. The summed E-state index contributed by atoms with van der Waals surface area (Å²) in [4.78, 5) is 25.9. The summed E-state index contributed by atoms with van der Waals surface area (Å²) in [5, 5.41) is 2.67. The van der Waals surface area contributed by atoms with Gasteiger partial charge in [0, 0.05) is 12.7 Å². The number of ketones is 1. The van der Waals surface area contributed by atoms with Crippen molar-refractivity contribution in [2.45, 2.75) is 32.1 Å². The molecule has 0 radical (unpaired) electrons. The molecule has 0 aliphatic heterocycles. The Bertz CT molecular complexity index is 446. The van der Waals surface area contributed by atoms with Crippen molar-refractivity contribution in [2.24, 2.45) is 0 Å². The number of allylic oxidation sites excluding steroid dienone is 1. The summed E-state index contributed by atoms with van der Waals surface area (Å²) in [7, 11) is 0. The maximum absolute atomic E-state index is 11.6. The van der Waals surface area contributed by atoms with Crippen LogP contribution in [0, 0.1) is 0 Å². The van der Waals surface area contributed by atoms with E-state index < -0.39 is 11.7 Å². The predicted octanol–water partition coefficient (Wildman–Crippen LogP) is 2.20. The van der Waals surface area contributed by atoms with E-state index >= 15 is 0 Å². The van der Waals surface area contributed by atoms with Gasteiger partial charge in [-0.15, -0.1) is 0 Å². The Hall–Kier alpha value is -1.84. The van der Waals surface area contributed by atoms with Gasteiger partial charge in [0.05, 0.1) is 5.69 Å². The molecular formula is C14H18N2O2. The molecule has 4 heteroatoms. The molecule has 2 rings (SSSR count). The van der Waals surface area contributed by atoms with Gasteiger partial charge in [-0.25, -0.2) is 0 Å². The summed E-state index contributed by atoms with van der Waals surface area (Å²) in [6, 6.07) is 3.30. The summed E-state index contributed by atoms with van der Waals surface area (Å²) >= 11 is 0. The molecular weight excluding hydrogens is 228 g/mol. The molecule has 0 saturated heterocycles. The fourth-order valence-corrected chi connectivity index (χ4v) is 2.14. The zero-order valence-corrected chi connectivity index (χ0v) is 10.4. The number of hydrogen-bond acceptors (Lipinski definition) is 2. The van der Waals surface area contributed by atoms with Crippen molar-refractivity contribution in [1.82, 2.24) is 10.3 Å². The molecule has 0 aromatic carbocycles. The average molecular weight is 246 g/mol. The third kappa shape index (κ3) is 3.32. The number of hydrogen-bond donors (Lipinski definition) is 2. The van der Waals surface area contributed by atoms with Crippen LogP contribution in [0.25, 0.3) is 0 Å². The van der Waals surface area contributed by atoms with Crippen LogP contribution in [0.2, 0.25) is 0 Å². The lowest BCUT2D eigenvalue weighted by Crippen LogP contribution is -2.32. The highest BCUT2D eigenvalue weighted by Crippen LogP contribution is 2.19. The molecule has 1 aromatic heterocycles. The fraction of sp³-hybridized carbons (Fsp3) is 0.429. The minimum atomic E-state index is -0.533. The van der Waals surface area contributed by atoms with E-state index in [1.54, 1.807) is 18.3 Å². The van der Waals surface area contributed by atoms with E-state index in [-0.39, 0.29) is 0 Å². The molecule has 1 amide bonds. The normalized spacial score (nSPS) is 15.0. The Labute approximate surface area is 106 Å². The van der Waals surface area contributed by atoms with Gasteiger partial charge in [-0.2, -0.15) is 0 Å². The molecule has 0 bridgehead atoms. The van der Waals surface area contributed by atoms with Crippen molar-refractivity contribution in [3.8, 4) is 0 Å². The number of carbonyl (C=O) groups excluding carboxylic acids is 2. The average Bonchev–Trinajstić information content (AvgIpc) is 2.93. The van der Waals surface area contributed by atoms with Gasteiger partial charge in [-0.1, -0.05) is 11.6 Å². The van der Waals surface area contributed by atoms with Crippen LogP contribution in [-0.2, 0) is 4.79 Å². The summed E-state index contributed by atoms with van der Waals surface area (Å²) in [5.74, 6) is -1.04. The maximum Gasteiger partial charge on any atom is 0.293 e. The van der Waals surface area contributed by atoms with Crippen LogP contribution in [0.3, 0.4) is 0 Å². The second-order valence-corrected chi connectivity index (χ2v) is 4.53. The quantitative estimate of drug-likeness (QED) is 0.475. The van der Waals surface area contributed by atoms with Gasteiger partial charge in [0.2, 0.25) is 0 Å². The highest BCUT2D eigenvalue weighted by molar-refractivity contribution is 6.42. The van der Waals surface area contributed by atoms with E-state index in [1.165, 1.54) is 18.4 Å². The van der Waals surface area contributed by atoms with Crippen molar-refractivity contribution in [2.75, 3.05) is 6.54 Å². The van der Waals surface area contributed by atoms with Crippen LogP contribution >= 0.6 is 0 Å². The minimum Gasteiger partial charge on any atom is -0.358 e. The van der Waals surface area contributed by atoms with E-state index in [0.717, 1.165) is 19.3 Å². The molecule has 1 aliphatic rings. The van der Waals surface area contributed by atoms with Crippen LogP contribution in [0.5, 0.6) is 0 Å². The van der Waals surface area contributed by atoms with E-state index in [2.05, 4.69) is 16.4 Å². The van der Waals surface area contributed by atoms with Crippen molar-refractivity contribution in [3.05, 3.63) is 35.7 Å². The van der Waals surface area contributed by atoms with Crippen LogP contribution in [-0.4, -0.2) is 23.2 Å². The third-order valence-corrected chi connectivity index (χ3v) is 3.17. The van der Waals surface area contributed by atoms with Gasteiger partial charge in [-0.05, 0) is 44.2 Å². The van der Waals surface area contributed by atoms with Gasteiger partial charge < -0.3 is 10.3 Å². The molecule has 0 unspecified atom stereocenters. The standard InChI is InChI=1S/C14H18N2O2/c17-13(12-7-4-9-15-12)14(18)16-10-8-11-5-2-1-3-6-11/h4-5,7,9,15H,1-3,6,8,10H2,(H,16,18). The van der Waals surface area contributed by atoms with E-state index in [0.29, 0.717) is 12.2 Å². The van der Waals surface area contributed by atoms with Gasteiger partial charge in [-0.3, -0.25) is 9.59 Å². The number of Topliss-reactive ketones (excluding diaryl/α,β-unsaturated/α-hetero) is 1. The maximum atomic E-state index is 11.6. The van der Waals surface area contributed by atoms with Crippen molar-refractivity contribution < 1.29 is 9.59 Å². The molecule has 0 spiro atoms. The summed E-state index contributed by atoms with van der Waals surface area (Å²) in [5.41, 5.74) is 1.73.